The Morgan fingerprint density at radius 1 is 1.09 bits per heavy atom. The molecule has 0 spiro atoms. The van der Waals surface area contributed by atoms with E-state index in [0.29, 0.717) is 11.1 Å². The molecule has 2 aromatic rings. The maximum absolute atomic E-state index is 12.1. The first kappa shape index (κ1) is 16.7. The highest BCUT2D eigenvalue weighted by atomic mass is 32.2. The van der Waals surface area contributed by atoms with E-state index >= 15 is 0 Å². The fourth-order valence-corrected chi connectivity index (χ4v) is 3.17. The van der Waals surface area contributed by atoms with Crippen LogP contribution in [-0.4, -0.2) is 20.1 Å². The second kappa shape index (κ2) is 7.56. The van der Waals surface area contributed by atoms with Crippen molar-refractivity contribution in [1.82, 2.24) is 0 Å². The van der Waals surface area contributed by atoms with E-state index in [1.165, 1.54) is 12.1 Å². The molecule has 0 aliphatic heterocycles. The molecular weight excluding hydrogens is 314 g/mol. The summed E-state index contributed by atoms with van der Waals surface area (Å²) in [5.41, 5.74) is 1.16. The van der Waals surface area contributed by atoms with Crippen molar-refractivity contribution in [2.24, 2.45) is 0 Å². The topological polar surface area (TPSA) is 84.2 Å². The highest BCUT2D eigenvalue weighted by Gasteiger charge is 2.16. The summed E-state index contributed by atoms with van der Waals surface area (Å²) in [5, 5.41) is 8.80. The number of carbonyl (C=O) groups excluding carboxylic acids is 1. The number of esters is 1. The van der Waals surface area contributed by atoms with Crippen molar-refractivity contribution in [3.05, 3.63) is 65.7 Å². The molecule has 2 aromatic carbocycles. The van der Waals surface area contributed by atoms with Gasteiger partial charge in [0.05, 0.1) is 28.7 Å². The summed E-state index contributed by atoms with van der Waals surface area (Å²) in [7, 11) is -3.49. The van der Waals surface area contributed by atoms with Crippen LogP contribution in [0.25, 0.3) is 0 Å². The minimum atomic E-state index is -3.49. The van der Waals surface area contributed by atoms with Crippen LogP contribution in [-0.2, 0) is 26.0 Å². The first-order valence-corrected chi connectivity index (χ1v) is 8.59. The van der Waals surface area contributed by atoms with Crippen molar-refractivity contribution < 1.29 is 17.9 Å². The first-order valence-electron chi connectivity index (χ1n) is 6.94. The monoisotopic (exact) mass is 329 g/mol. The summed E-state index contributed by atoms with van der Waals surface area (Å²) in [5.74, 6) is -0.888. The minimum Gasteiger partial charge on any atom is -0.461 e. The molecule has 0 saturated heterocycles. The number of hydrogen-bond donors (Lipinski definition) is 0. The number of hydrogen-bond acceptors (Lipinski definition) is 5. The van der Waals surface area contributed by atoms with Crippen molar-refractivity contribution in [3.8, 4) is 6.07 Å². The van der Waals surface area contributed by atoms with Crippen molar-refractivity contribution in [3.63, 3.8) is 0 Å². The number of sulfone groups is 1. The molecule has 0 unspecified atom stereocenters. The van der Waals surface area contributed by atoms with Gasteiger partial charge in [0.25, 0.3) is 0 Å². The molecule has 0 bridgehead atoms. The smallest absolute Gasteiger partial charge is 0.307 e. The van der Waals surface area contributed by atoms with E-state index in [-0.39, 0.29) is 23.7 Å². The van der Waals surface area contributed by atoms with Crippen molar-refractivity contribution >= 4 is 15.8 Å². The van der Waals surface area contributed by atoms with Gasteiger partial charge in [-0.15, -0.1) is 0 Å². The molecule has 0 aromatic heterocycles. The van der Waals surface area contributed by atoms with Gasteiger partial charge < -0.3 is 4.74 Å². The third kappa shape index (κ3) is 4.94. The van der Waals surface area contributed by atoms with Crippen molar-refractivity contribution in [2.75, 3.05) is 5.75 Å². The second-order valence-electron chi connectivity index (χ2n) is 4.85. The number of benzene rings is 2. The van der Waals surface area contributed by atoms with Gasteiger partial charge in [-0.25, -0.2) is 8.42 Å². The molecular formula is C17H15NO4S. The van der Waals surface area contributed by atoms with E-state index in [9.17, 15) is 13.2 Å². The summed E-state index contributed by atoms with van der Waals surface area (Å²) in [6.45, 7) is 0.0136. The Balaban J connectivity index is 1.87. The Morgan fingerprint density at radius 3 is 2.52 bits per heavy atom. The largest absolute Gasteiger partial charge is 0.461 e. The molecule has 0 amide bonds. The molecule has 0 radical (unpaired) electrons. The van der Waals surface area contributed by atoms with Gasteiger partial charge in [-0.05, 0) is 29.8 Å². The fraction of sp³-hybridized carbons (Fsp3) is 0.176. The summed E-state index contributed by atoms with van der Waals surface area (Å²) in [6.07, 6.45) is -0.213. The van der Waals surface area contributed by atoms with Crippen molar-refractivity contribution in [2.45, 2.75) is 17.9 Å². The molecule has 0 aliphatic rings. The van der Waals surface area contributed by atoms with E-state index in [1.54, 1.807) is 42.5 Å². The summed E-state index contributed by atoms with van der Waals surface area (Å²) < 4.78 is 29.1. The van der Waals surface area contributed by atoms with Crippen LogP contribution in [0.5, 0.6) is 0 Å². The molecule has 5 nitrogen and oxygen atoms in total. The van der Waals surface area contributed by atoms with Gasteiger partial charge in [0, 0.05) is 0 Å². The predicted molar refractivity (Wildman–Crippen MR) is 84.1 cm³/mol. The lowest BCUT2D eigenvalue weighted by Gasteiger charge is -2.06. The number of ether oxygens (including phenoxy) is 1. The van der Waals surface area contributed by atoms with E-state index in [1.807, 2.05) is 6.07 Å². The quantitative estimate of drug-likeness (QED) is 0.760. The zero-order chi connectivity index (χ0) is 16.7. The number of nitriles is 1. The van der Waals surface area contributed by atoms with E-state index in [0.717, 1.165) is 0 Å². The van der Waals surface area contributed by atoms with Crippen LogP contribution >= 0.6 is 0 Å². The van der Waals surface area contributed by atoms with Gasteiger partial charge in [-0.3, -0.25) is 4.79 Å². The molecule has 23 heavy (non-hydrogen) atoms. The van der Waals surface area contributed by atoms with Crippen LogP contribution in [0, 0.1) is 11.3 Å². The fourth-order valence-electron chi connectivity index (χ4n) is 1.93. The Hall–Kier alpha value is -2.65. The lowest BCUT2D eigenvalue weighted by atomic mass is 10.1. The van der Waals surface area contributed by atoms with Gasteiger partial charge >= 0.3 is 5.97 Å². The highest BCUT2D eigenvalue weighted by molar-refractivity contribution is 7.91. The van der Waals surface area contributed by atoms with E-state index in [2.05, 4.69) is 0 Å². The number of rotatable bonds is 6. The third-order valence-electron chi connectivity index (χ3n) is 3.13. The van der Waals surface area contributed by atoms with Crippen LogP contribution in [0.1, 0.15) is 17.5 Å². The average Bonchev–Trinajstić information content (AvgIpc) is 2.59. The molecule has 0 fully saturated rings. The number of nitrogens with zero attached hydrogens (tertiary/aromatic N) is 1. The second-order valence-corrected chi connectivity index (χ2v) is 6.96. The average molecular weight is 329 g/mol. The van der Waals surface area contributed by atoms with Gasteiger partial charge in [-0.1, -0.05) is 30.3 Å². The molecule has 0 atom stereocenters. The molecule has 0 aliphatic carbocycles. The molecule has 2 rings (SSSR count). The van der Waals surface area contributed by atoms with E-state index in [4.69, 9.17) is 10.00 Å². The Bertz CT molecular complexity index is 823. The molecule has 118 valence electrons. The zero-order valence-corrected chi connectivity index (χ0v) is 13.1. The first-order chi connectivity index (χ1) is 11.0. The van der Waals surface area contributed by atoms with Gasteiger partial charge in [-0.2, -0.15) is 5.26 Å². The van der Waals surface area contributed by atoms with Crippen molar-refractivity contribution in [1.29, 1.82) is 5.26 Å². The zero-order valence-electron chi connectivity index (χ0n) is 12.3. The van der Waals surface area contributed by atoms with Crippen LogP contribution in [0.3, 0.4) is 0 Å². The van der Waals surface area contributed by atoms with Gasteiger partial charge in [0.15, 0.2) is 9.84 Å². The molecule has 0 N–H and O–H groups in total. The number of carbonyl (C=O) groups is 1. The van der Waals surface area contributed by atoms with Crippen LogP contribution < -0.4 is 0 Å². The molecule has 0 saturated carbocycles. The summed E-state index contributed by atoms with van der Waals surface area (Å²) in [6, 6.07) is 16.7. The van der Waals surface area contributed by atoms with Gasteiger partial charge in [0.1, 0.15) is 6.61 Å². The Morgan fingerprint density at radius 2 is 1.83 bits per heavy atom. The van der Waals surface area contributed by atoms with Crippen LogP contribution in [0.2, 0.25) is 0 Å². The SMILES string of the molecule is N#Cc1cccc(COC(=O)CCS(=O)(=O)c2ccccc2)c1. The lowest BCUT2D eigenvalue weighted by Crippen LogP contribution is -2.13. The van der Waals surface area contributed by atoms with Crippen LogP contribution in [0.4, 0.5) is 0 Å². The standard InChI is InChI=1S/C17H15NO4S/c18-12-14-5-4-6-15(11-14)13-22-17(19)9-10-23(20,21)16-7-2-1-3-8-16/h1-8,11H,9-10,13H2. The minimum absolute atomic E-state index is 0.0136. The summed E-state index contributed by atoms with van der Waals surface area (Å²) in [4.78, 5) is 11.9. The summed E-state index contributed by atoms with van der Waals surface area (Å²) >= 11 is 0. The Kier molecular flexibility index (Phi) is 5.50. The third-order valence-corrected chi connectivity index (χ3v) is 4.87. The van der Waals surface area contributed by atoms with Crippen LogP contribution in [0.15, 0.2) is 59.5 Å². The van der Waals surface area contributed by atoms with E-state index < -0.39 is 15.8 Å². The highest BCUT2D eigenvalue weighted by Crippen LogP contribution is 2.12. The predicted octanol–water partition coefficient (Wildman–Crippen LogP) is 2.47. The molecule has 0 heterocycles. The normalized spacial score (nSPS) is 10.7. The Labute approximate surface area is 135 Å². The maximum atomic E-state index is 12.1. The van der Waals surface area contributed by atoms with Gasteiger partial charge in [0.2, 0.25) is 0 Å². The molecule has 6 heteroatoms. The lowest BCUT2D eigenvalue weighted by molar-refractivity contribution is -0.144. The maximum Gasteiger partial charge on any atom is 0.307 e.